The molecule has 0 aliphatic carbocycles. The van der Waals surface area contributed by atoms with E-state index in [9.17, 15) is 9.59 Å². The Balaban J connectivity index is 1.71. The summed E-state index contributed by atoms with van der Waals surface area (Å²) in [5.41, 5.74) is 1.75. The Morgan fingerprint density at radius 2 is 1.90 bits per heavy atom. The Hall–Kier alpha value is -3.54. The Labute approximate surface area is 175 Å². The number of methoxy groups -OCH3 is 1. The molecule has 3 aromatic rings. The van der Waals surface area contributed by atoms with Crippen molar-refractivity contribution in [1.82, 2.24) is 0 Å². The molecule has 0 atom stereocenters. The summed E-state index contributed by atoms with van der Waals surface area (Å²) in [6.07, 6.45) is 1.33. The number of hydrogen-bond acceptors (Lipinski definition) is 4. The molecular formula is C24H24N2O4. The minimum Gasteiger partial charge on any atom is -0.495 e. The van der Waals surface area contributed by atoms with Gasteiger partial charge in [0.05, 0.1) is 25.0 Å². The average Bonchev–Trinajstić information content (AvgIpc) is 3.19. The van der Waals surface area contributed by atoms with Crippen molar-refractivity contribution < 1.29 is 19.1 Å². The first-order valence-corrected chi connectivity index (χ1v) is 10.1. The van der Waals surface area contributed by atoms with Crippen LogP contribution in [0.25, 0.3) is 10.8 Å². The summed E-state index contributed by atoms with van der Waals surface area (Å²) in [6, 6.07) is 16.8. The van der Waals surface area contributed by atoms with Gasteiger partial charge in [-0.2, -0.15) is 0 Å². The number of nitrogens with one attached hydrogen (secondary N) is 1. The number of carbonyl (C=O) groups is 2. The van der Waals surface area contributed by atoms with Gasteiger partial charge in [-0.05, 0) is 48.4 Å². The molecular weight excluding hydrogens is 380 g/mol. The van der Waals surface area contributed by atoms with Crippen LogP contribution in [0.3, 0.4) is 0 Å². The molecule has 3 aromatic carbocycles. The lowest BCUT2D eigenvalue weighted by molar-refractivity contribution is -0.117. The van der Waals surface area contributed by atoms with E-state index >= 15 is 0 Å². The summed E-state index contributed by atoms with van der Waals surface area (Å²) in [5.74, 6) is 0.934. The molecule has 0 saturated carbocycles. The number of rotatable bonds is 6. The molecule has 1 N–H and O–H groups in total. The molecule has 6 nitrogen and oxygen atoms in total. The Morgan fingerprint density at radius 1 is 1.10 bits per heavy atom. The molecule has 1 heterocycles. The van der Waals surface area contributed by atoms with Crippen molar-refractivity contribution in [2.45, 2.75) is 19.8 Å². The second kappa shape index (κ2) is 8.45. The van der Waals surface area contributed by atoms with Crippen LogP contribution in [0.15, 0.2) is 54.6 Å². The minimum absolute atomic E-state index is 0.0597. The zero-order valence-corrected chi connectivity index (χ0v) is 17.1. The number of benzene rings is 3. The van der Waals surface area contributed by atoms with E-state index in [0.717, 1.165) is 17.2 Å². The monoisotopic (exact) mass is 404 g/mol. The lowest BCUT2D eigenvalue weighted by Crippen LogP contribution is -2.24. The third-order valence-electron chi connectivity index (χ3n) is 5.22. The molecule has 0 spiro atoms. The number of anilines is 2. The number of hydrogen-bond donors (Lipinski definition) is 1. The van der Waals surface area contributed by atoms with Gasteiger partial charge in [-0.15, -0.1) is 0 Å². The van der Waals surface area contributed by atoms with Gasteiger partial charge in [-0.3, -0.25) is 9.59 Å². The maximum absolute atomic E-state index is 13.3. The summed E-state index contributed by atoms with van der Waals surface area (Å²) in [5, 5.41) is 4.75. The molecule has 1 aliphatic heterocycles. The lowest BCUT2D eigenvalue weighted by Gasteiger charge is -2.20. The molecule has 0 radical (unpaired) electrons. The van der Waals surface area contributed by atoms with Crippen LogP contribution in [0.1, 0.15) is 30.1 Å². The highest BCUT2D eigenvalue weighted by Gasteiger charge is 2.25. The molecule has 30 heavy (non-hydrogen) atoms. The van der Waals surface area contributed by atoms with Gasteiger partial charge in [-0.1, -0.05) is 30.3 Å². The van der Waals surface area contributed by atoms with Gasteiger partial charge in [0.15, 0.2) is 0 Å². The third-order valence-corrected chi connectivity index (χ3v) is 5.22. The molecule has 1 aliphatic rings. The fourth-order valence-corrected chi connectivity index (χ4v) is 3.84. The summed E-state index contributed by atoms with van der Waals surface area (Å²) in [7, 11) is 1.57. The molecule has 1 fully saturated rings. The van der Waals surface area contributed by atoms with Crippen molar-refractivity contribution >= 4 is 34.0 Å². The van der Waals surface area contributed by atoms with Crippen molar-refractivity contribution in [2.75, 3.05) is 30.5 Å². The zero-order valence-electron chi connectivity index (χ0n) is 17.1. The van der Waals surface area contributed by atoms with Crippen molar-refractivity contribution in [3.05, 3.63) is 60.2 Å². The number of nitrogens with zero attached hydrogens (tertiary/aromatic N) is 1. The fraction of sp³-hybridized carbons (Fsp3) is 0.250. The molecule has 1 saturated heterocycles. The van der Waals surface area contributed by atoms with E-state index < -0.39 is 0 Å². The average molecular weight is 404 g/mol. The highest BCUT2D eigenvalue weighted by molar-refractivity contribution is 6.15. The highest BCUT2D eigenvalue weighted by atomic mass is 16.5. The number of carbonyl (C=O) groups excluding carboxylic acids is 2. The van der Waals surface area contributed by atoms with E-state index in [-0.39, 0.29) is 11.8 Å². The van der Waals surface area contributed by atoms with Crippen molar-refractivity contribution in [2.24, 2.45) is 0 Å². The lowest BCUT2D eigenvalue weighted by atomic mass is 10.0. The van der Waals surface area contributed by atoms with Crippen LogP contribution in [-0.2, 0) is 4.79 Å². The van der Waals surface area contributed by atoms with Crippen LogP contribution < -0.4 is 19.7 Å². The molecule has 154 valence electrons. The number of amides is 2. The van der Waals surface area contributed by atoms with Crippen LogP contribution >= 0.6 is 0 Å². The van der Waals surface area contributed by atoms with Crippen molar-refractivity contribution in [3.63, 3.8) is 0 Å². The topological polar surface area (TPSA) is 67.9 Å². The predicted molar refractivity (Wildman–Crippen MR) is 118 cm³/mol. The Kier molecular flexibility index (Phi) is 5.57. The van der Waals surface area contributed by atoms with Gasteiger partial charge in [-0.25, -0.2) is 0 Å². The van der Waals surface area contributed by atoms with Crippen LogP contribution in [0.2, 0.25) is 0 Å². The van der Waals surface area contributed by atoms with Gasteiger partial charge >= 0.3 is 0 Å². The van der Waals surface area contributed by atoms with E-state index in [2.05, 4.69) is 5.32 Å². The van der Waals surface area contributed by atoms with Gasteiger partial charge in [0.25, 0.3) is 5.91 Å². The molecule has 0 aromatic heterocycles. The summed E-state index contributed by atoms with van der Waals surface area (Å²) in [6.45, 7) is 2.99. The fourth-order valence-electron chi connectivity index (χ4n) is 3.84. The smallest absolute Gasteiger partial charge is 0.260 e. The first kappa shape index (κ1) is 19.8. The van der Waals surface area contributed by atoms with E-state index in [1.54, 1.807) is 30.2 Å². The van der Waals surface area contributed by atoms with Gasteiger partial charge in [0.2, 0.25) is 5.91 Å². The second-order valence-electron chi connectivity index (χ2n) is 7.08. The third kappa shape index (κ3) is 3.68. The van der Waals surface area contributed by atoms with E-state index in [0.29, 0.717) is 48.0 Å². The number of ether oxygens (including phenoxy) is 2. The van der Waals surface area contributed by atoms with E-state index in [1.165, 1.54) is 0 Å². The molecule has 0 unspecified atom stereocenters. The Bertz CT molecular complexity index is 1110. The maximum Gasteiger partial charge on any atom is 0.260 e. The summed E-state index contributed by atoms with van der Waals surface area (Å²) < 4.78 is 11.2. The molecule has 2 amide bonds. The van der Waals surface area contributed by atoms with Gasteiger partial charge in [0, 0.05) is 18.7 Å². The maximum atomic E-state index is 13.3. The quantitative estimate of drug-likeness (QED) is 0.651. The summed E-state index contributed by atoms with van der Waals surface area (Å²) >= 11 is 0. The van der Waals surface area contributed by atoms with Crippen molar-refractivity contribution in [3.8, 4) is 11.5 Å². The first-order valence-electron chi connectivity index (χ1n) is 10.1. The van der Waals surface area contributed by atoms with Gasteiger partial charge in [0.1, 0.15) is 11.5 Å². The van der Waals surface area contributed by atoms with Crippen molar-refractivity contribution in [1.29, 1.82) is 0 Å². The zero-order chi connectivity index (χ0) is 21.1. The highest BCUT2D eigenvalue weighted by Crippen LogP contribution is 2.35. The Morgan fingerprint density at radius 3 is 2.63 bits per heavy atom. The molecule has 6 heteroatoms. The summed E-state index contributed by atoms with van der Waals surface area (Å²) in [4.78, 5) is 27.2. The first-order chi connectivity index (χ1) is 14.6. The largest absolute Gasteiger partial charge is 0.495 e. The predicted octanol–water partition coefficient (Wildman–Crippen LogP) is 4.63. The molecule has 0 bridgehead atoms. The van der Waals surface area contributed by atoms with Crippen LogP contribution in [0.4, 0.5) is 11.4 Å². The number of fused-ring (bicyclic) bond motifs is 1. The standard InChI is InChI=1S/C24H24N2O4/c1-3-30-21-12-10-16-7-4-5-8-18(16)23(21)24(28)25-17-11-13-20(29-2)19(15-17)26-14-6-9-22(26)27/h4-5,7-8,10-13,15H,3,6,9,14H2,1-2H3,(H,25,28). The van der Waals surface area contributed by atoms with E-state index in [4.69, 9.17) is 9.47 Å². The minimum atomic E-state index is -0.265. The normalized spacial score (nSPS) is 13.5. The second-order valence-corrected chi connectivity index (χ2v) is 7.08. The van der Waals surface area contributed by atoms with Crippen LogP contribution in [0.5, 0.6) is 11.5 Å². The SMILES string of the molecule is CCOc1ccc2ccccc2c1C(=O)Nc1ccc(OC)c(N2CCCC2=O)c1. The van der Waals surface area contributed by atoms with Gasteiger partial charge < -0.3 is 19.7 Å². The van der Waals surface area contributed by atoms with Crippen LogP contribution in [-0.4, -0.2) is 32.1 Å². The van der Waals surface area contributed by atoms with Crippen LogP contribution in [0, 0.1) is 0 Å². The molecule has 4 rings (SSSR count). The van der Waals surface area contributed by atoms with E-state index in [1.807, 2.05) is 43.3 Å².